The van der Waals surface area contributed by atoms with Gasteiger partial charge in [0.1, 0.15) is 17.7 Å². The summed E-state index contributed by atoms with van der Waals surface area (Å²) in [6, 6.07) is 11.5. The molecule has 190 valence electrons. The van der Waals surface area contributed by atoms with E-state index in [0.717, 1.165) is 44.5 Å². The molecule has 0 bridgehead atoms. The molecule has 2 N–H and O–H groups in total. The Morgan fingerprint density at radius 3 is 2.61 bits per heavy atom. The van der Waals surface area contributed by atoms with E-state index in [2.05, 4.69) is 28.2 Å². The van der Waals surface area contributed by atoms with Gasteiger partial charge in [-0.05, 0) is 80.6 Å². The van der Waals surface area contributed by atoms with Gasteiger partial charge in [-0.2, -0.15) is 5.26 Å². The molecule has 2 aromatic carbocycles. The molecule has 1 unspecified atom stereocenters. The summed E-state index contributed by atoms with van der Waals surface area (Å²) in [4.78, 5) is 13.0. The van der Waals surface area contributed by atoms with Crippen molar-refractivity contribution in [2.24, 2.45) is 0 Å². The van der Waals surface area contributed by atoms with Gasteiger partial charge in [0.2, 0.25) is 6.41 Å². The van der Waals surface area contributed by atoms with E-state index in [1.807, 2.05) is 31.3 Å². The Balaban J connectivity index is 1.92. The molecule has 0 saturated carbocycles. The molecule has 0 radical (unpaired) electrons. The molecule has 3 rings (SSSR count). The van der Waals surface area contributed by atoms with Crippen LogP contribution in [0.25, 0.3) is 10.5 Å². The summed E-state index contributed by atoms with van der Waals surface area (Å²) in [6.45, 7) is 2.44. The van der Waals surface area contributed by atoms with Gasteiger partial charge in [-0.15, -0.1) is 12.6 Å². The number of nitrogens with one attached hydrogen (secondary N) is 2. The first-order chi connectivity index (χ1) is 17.5. The lowest BCUT2D eigenvalue weighted by atomic mass is 9.98. The monoisotopic (exact) mass is 510 g/mol. The topological polar surface area (TPSA) is 68.2 Å². The van der Waals surface area contributed by atoms with Crippen LogP contribution in [0.5, 0.6) is 0 Å². The van der Waals surface area contributed by atoms with Gasteiger partial charge in [0.05, 0.1) is 5.56 Å². The number of anilines is 1. The molecular formula is C28H32F2N4OS. The lowest BCUT2D eigenvalue weighted by Gasteiger charge is -2.19. The molecule has 1 aliphatic rings. The zero-order chi connectivity index (χ0) is 25.9. The molecule has 1 heterocycles. The third-order valence-electron chi connectivity index (χ3n) is 6.41. The normalized spacial score (nSPS) is 15.0. The molecular weight excluding hydrogens is 478 g/mol. The predicted molar refractivity (Wildman–Crippen MR) is 145 cm³/mol. The summed E-state index contributed by atoms with van der Waals surface area (Å²) < 4.78 is 29.7. The maximum atomic E-state index is 15.2. The van der Waals surface area contributed by atoms with Crippen LogP contribution in [-0.2, 0) is 4.79 Å². The number of allylic oxidation sites excluding steroid dienone is 2. The lowest BCUT2D eigenvalue weighted by Crippen LogP contribution is -2.26. The number of benzene rings is 2. The van der Waals surface area contributed by atoms with Crippen molar-refractivity contribution in [3.05, 3.63) is 76.9 Å². The number of thiol groups is 1. The van der Waals surface area contributed by atoms with Crippen molar-refractivity contribution in [1.82, 2.24) is 10.6 Å². The first-order valence-corrected chi connectivity index (χ1v) is 12.6. The SMILES string of the molecule is CNC(C/C=C/C(=C(\S)c1ccc(N2CCCC2)cc1F)c1ccc(C#N)c(F)c1)CCCNC=O. The van der Waals surface area contributed by atoms with Gasteiger partial charge in [0.25, 0.3) is 0 Å². The zero-order valence-corrected chi connectivity index (χ0v) is 21.3. The molecule has 0 aromatic heterocycles. The van der Waals surface area contributed by atoms with Gasteiger partial charge in [-0.25, -0.2) is 8.78 Å². The van der Waals surface area contributed by atoms with Crippen molar-refractivity contribution in [2.75, 3.05) is 31.6 Å². The molecule has 1 aliphatic heterocycles. The summed E-state index contributed by atoms with van der Waals surface area (Å²) in [5, 5.41) is 15.0. The maximum Gasteiger partial charge on any atom is 0.207 e. The number of hydrogen-bond acceptors (Lipinski definition) is 5. The highest BCUT2D eigenvalue weighted by Crippen LogP contribution is 2.34. The minimum Gasteiger partial charge on any atom is -0.371 e. The fraction of sp³-hybridized carbons (Fsp3) is 0.357. The van der Waals surface area contributed by atoms with Crippen LogP contribution >= 0.6 is 12.6 Å². The number of nitrogens with zero attached hydrogens (tertiary/aromatic N) is 2. The highest BCUT2D eigenvalue weighted by atomic mass is 32.1. The largest absolute Gasteiger partial charge is 0.371 e. The van der Waals surface area contributed by atoms with E-state index in [1.165, 1.54) is 18.2 Å². The minimum atomic E-state index is -0.636. The van der Waals surface area contributed by atoms with Gasteiger partial charge in [-0.1, -0.05) is 18.2 Å². The van der Waals surface area contributed by atoms with Gasteiger partial charge >= 0.3 is 0 Å². The molecule has 0 aliphatic carbocycles. The number of carbonyl (C=O) groups is 1. The molecule has 5 nitrogen and oxygen atoms in total. The van der Waals surface area contributed by atoms with Crippen molar-refractivity contribution < 1.29 is 13.6 Å². The highest BCUT2D eigenvalue weighted by Gasteiger charge is 2.17. The van der Waals surface area contributed by atoms with E-state index in [0.29, 0.717) is 41.0 Å². The van der Waals surface area contributed by atoms with Crippen LogP contribution in [0.4, 0.5) is 14.5 Å². The lowest BCUT2D eigenvalue weighted by molar-refractivity contribution is -0.109. The highest BCUT2D eigenvalue weighted by molar-refractivity contribution is 7.90. The number of halogens is 2. The van der Waals surface area contributed by atoms with Crippen molar-refractivity contribution in [3.63, 3.8) is 0 Å². The average molecular weight is 511 g/mol. The van der Waals surface area contributed by atoms with Gasteiger partial charge in [0.15, 0.2) is 0 Å². The summed E-state index contributed by atoms with van der Waals surface area (Å²) in [5.74, 6) is -1.03. The average Bonchev–Trinajstić information content (AvgIpc) is 3.42. The number of carbonyl (C=O) groups excluding carboxylic acids is 1. The van der Waals surface area contributed by atoms with E-state index in [9.17, 15) is 9.18 Å². The zero-order valence-electron chi connectivity index (χ0n) is 20.4. The van der Waals surface area contributed by atoms with Crippen LogP contribution in [0.3, 0.4) is 0 Å². The van der Waals surface area contributed by atoms with Gasteiger partial charge < -0.3 is 15.5 Å². The van der Waals surface area contributed by atoms with E-state index < -0.39 is 5.82 Å². The van der Waals surface area contributed by atoms with E-state index >= 15 is 4.39 Å². The first-order valence-electron chi connectivity index (χ1n) is 12.2. The maximum absolute atomic E-state index is 15.2. The van der Waals surface area contributed by atoms with Crippen molar-refractivity contribution in [2.45, 2.75) is 38.1 Å². The molecule has 36 heavy (non-hydrogen) atoms. The van der Waals surface area contributed by atoms with Crippen LogP contribution < -0.4 is 15.5 Å². The molecule has 1 amide bonds. The van der Waals surface area contributed by atoms with Crippen LogP contribution in [0.1, 0.15) is 48.8 Å². The second kappa shape index (κ2) is 13.8. The summed E-state index contributed by atoms with van der Waals surface area (Å²) >= 11 is 4.68. The molecule has 2 aromatic rings. The Kier molecular flexibility index (Phi) is 10.5. The van der Waals surface area contributed by atoms with Gasteiger partial charge in [-0.3, -0.25) is 4.79 Å². The van der Waals surface area contributed by atoms with Crippen molar-refractivity contribution >= 4 is 35.2 Å². The van der Waals surface area contributed by atoms with Crippen LogP contribution in [0, 0.1) is 23.0 Å². The Hall–Kier alpha value is -3.15. The van der Waals surface area contributed by atoms with E-state index in [1.54, 1.807) is 12.1 Å². The molecule has 0 spiro atoms. The first kappa shape index (κ1) is 27.4. The number of amides is 1. The Labute approximate surface area is 217 Å². The number of hydrogen-bond donors (Lipinski definition) is 3. The molecule has 8 heteroatoms. The van der Waals surface area contributed by atoms with E-state index in [4.69, 9.17) is 5.26 Å². The predicted octanol–water partition coefficient (Wildman–Crippen LogP) is 5.30. The minimum absolute atomic E-state index is 0.0527. The summed E-state index contributed by atoms with van der Waals surface area (Å²) in [5.41, 5.74) is 2.19. The third-order valence-corrected chi connectivity index (χ3v) is 6.89. The molecule has 1 fully saturated rings. The Bertz CT molecular complexity index is 1150. The smallest absolute Gasteiger partial charge is 0.207 e. The summed E-state index contributed by atoms with van der Waals surface area (Å²) in [7, 11) is 1.87. The fourth-order valence-corrected chi connectivity index (χ4v) is 4.72. The Morgan fingerprint density at radius 1 is 1.19 bits per heavy atom. The van der Waals surface area contributed by atoms with Crippen LogP contribution in [0.2, 0.25) is 0 Å². The molecule has 1 saturated heterocycles. The van der Waals surface area contributed by atoms with Crippen molar-refractivity contribution in [1.29, 1.82) is 5.26 Å². The second-order valence-electron chi connectivity index (χ2n) is 8.76. The number of rotatable bonds is 12. The molecule has 1 atom stereocenters. The van der Waals surface area contributed by atoms with Crippen LogP contribution in [0.15, 0.2) is 48.6 Å². The van der Waals surface area contributed by atoms with Gasteiger partial charge in [0, 0.05) is 41.8 Å². The van der Waals surface area contributed by atoms with E-state index in [-0.39, 0.29) is 17.4 Å². The fourth-order valence-electron chi connectivity index (χ4n) is 4.34. The van der Waals surface area contributed by atoms with Crippen LogP contribution in [-0.4, -0.2) is 39.1 Å². The second-order valence-corrected chi connectivity index (χ2v) is 9.21. The number of nitriles is 1. The third kappa shape index (κ3) is 7.19. The Morgan fingerprint density at radius 2 is 1.97 bits per heavy atom. The quantitative estimate of drug-likeness (QED) is 0.119. The summed E-state index contributed by atoms with van der Waals surface area (Å²) in [6.07, 6.45) is 9.02. The van der Waals surface area contributed by atoms with Crippen molar-refractivity contribution in [3.8, 4) is 6.07 Å². The standard InChI is InChI=1S/C28H32F2N4OS/c1-32-22(7-5-13-33-19-35)6-4-8-24(20-9-10-21(18-31)26(29)16-20)28(36)25-12-11-23(17-27(25)30)34-14-2-3-15-34/h4,8-12,16-17,19,22,32,36H,2-3,5-7,13-15H2,1H3,(H,33,35)/b8-4+,28-24+.